The van der Waals surface area contributed by atoms with E-state index >= 15 is 8.78 Å². The summed E-state index contributed by atoms with van der Waals surface area (Å²) in [5, 5.41) is 73.5. The molecule has 0 spiro atoms. The van der Waals surface area contributed by atoms with E-state index in [9.17, 15) is 57.9 Å². The first-order valence-corrected chi connectivity index (χ1v) is 11.6. The van der Waals surface area contributed by atoms with Gasteiger partial charge in [-0.3, -0.25) is 0 Å². The Bertz CT molecular complexity index is 2180. The van der Waals surface area contributed by atoms with Crippen molar-refractivity contribution in [3.63, 3.8) is 0 Å². The van der Waals surface area contributed by atoms with E-state index in [1.54, 1.807) is 0 Å². The van der Waals surface area contributed by atoms with Crippen molar-refractivity contribution < 1.29 is 35.1 Å². The van der Waals surface area contributed by atoms with Gasteiger partial charge in [-0.15, -0.1) is 0 Å². The minimum Gasteiger partial charge on any atom is -0.203 e. The van der Waals surface area contributed by atoms with Gasteiger partial charge in [0.05, 0.1) is 66.1 Å². The van der Waals surface area contributed by atoms with Gasteiger partial charge >= 0.3 is 12.4 Å². The van der Waals surface area contributed by atoms with Gasteiger partial charge < -0.3 is 0 Å². The summed E-state index contributed by atoms with van der Waals surface area (Å²) in [4.78, 5) is 0. The molecular formula is C30H4F8N8. The van der Waals surface area contributed by atoms with Crippen LogP contribution in [0.5, 0.6) is 0 Å². The monoisotopic (exact) mass is 628 g/mol. The van der Waals surface area contributed by atoms with Crippen LogP contribution in [0.25, 0.3) is 11.1 Å². The number of nitrogens with zero attached hydrogens (tertiary/aromatic N) is 8. The zero-order chi connectivity index (χ0) is 34.7. The second-order valence-corrected chi connectivity index (χ2v) is 8.66. The van der Waals surface area contributed by atoms with Gasteiger partial charge in [-0.25, -0.2) is 8.78 Å². The van der Waals surface area contributed by atoms with Crippen molar-refractivity contribution in [2.45, 2.75) is 12.4 Å². The van der Waals surface area contributed by atoms with Crippen molar-refractivity contribution in [3.05, 3.63) is 102 Å². The standard InChI is InChI=1S/C30H4F8N8/c31-27-25(19(9-43)13-1-15(5-39)17(7-41)23(3-13)29(33,34)35)21(11-45)22(12-46)26(28(27)32)20(10-44)14-2-16(6-40)18(8-42)24(4-14)30(36,37)38/h1-4H/b25-19+,26-20+. The Kier molecular flexibility index (Phi) is 8.80. The van der Waals surface area contributed by atoms with Gasteiger partial charge in [-0.2, -0.15) is 68.4 Å². The zero-order valence-corrected chi connectivity index (χ0v) is 21.9. The predicted molar refractivity (Wildman–Crippen MR) is 133 cm³/mol. The Morgan fingerprint density at radius 2 is 0.761 bits per heavy atom. The van der Waals surface area contributed by atoms with Crippen molar-refractivity contribution >= 4 is 11.1 Å². The molecule has 220 valence electrons. The molecule has 0 radical (unpaired) electrons. The number of rotatable bonds is 2. The van der Waals surface area contributed by atoms with Gasteiger partial charge in [0.15, 0.2) is 11.6 Å². The molecule has 0 N–H and O–H groups in total. The highest BCUT2D eigenvalue weighted by atomic mass is 19.4. The van der Waals surface area contributed by atoms with Crippen LogP contribution in [0.3, 0.4) is 0 Å². The minimum atomic E-state index is -5.31. The molecule has 0 atom stereocenters. The summed E-state index contributed by atoms with van der Waals surface area (Å²) in [7, 11) is 0. The molecule has 16 heteroatoms. The van der Waals surface area contributed by atoms with E-state index in [4.69, 9.17) is 10.5 Å². The van der Waals surface area contributed by atoms with E-state index in [0.717, 1.165) is 0 Å². The van der Waals surface area contributed by atoms with Gasteiger partial charge in [0.1, 0.15) is 48.6 Å². The molecular weight excluding hydrogens is 624 g/mol. The largest absolute Gasteiger partial charge is 0.417 e. The van der Waals surface area contributed by atoms with Crippen molar-refractivity contribution in [3.8, 4) is 48.6 Å². The number of halogens is 8. The van der Waals surface area contributed by atoms with E-state index in [1.807, 2.05) is 0 Å². The van der Waals surface area contributed by atoms with Crippen LogP contribution in [-0.2, 0) is 12.4 Å². The van der Waals surface area contributed by atoms with Gasteiger partial charge in [-0.05, 0) is 35.4 Å². The fourth-order valence-corrected chi connectivity index (χ4v) is 4.35. The number of hydrogen-bond acceptors (Lipinski definition) is 8. The summed E-state index contributed by atoms with van der Waals surface area (Å²) >= 11 is 0. The molecule has 0 aliphatic carbocycles. The predicted octanol–water partition coefficient (Wildman–Crippen LogP) is 4.68. The molecule has 0 aliphatic heterocycles. The number of nitriles is 8. The van der Waals surface area contributed by atoms with Crippen molar-refractivity contribution in [1.29, 1.82) is 42.1 Å². The Hall–Kier alpha value is -7.24. The lowest BCUT2D eigenvalue weighted by Gasteiger charge is -2.14. The quantitative estimate of drug-likeness (QED) is 0.366. The van der Waals surface area contributed by atoms with E-state index in [1.165, 1.54) is 48.6 Å². The van der Waals surface area contributed by atoms with Crippen LogP contribution in [0.15, 0.2) is 24.3 Å². The molecule has 0 fully saturated rings. The van der Waals surface area contributed by atoms with Crippen LogP contribution in [0.2, 0.25) is 0 Å². The van der Waals surface area contributed by atoms with Crippen LogP contribution in [0.1, 0.15) is 55.6 Å². The highest BCUT2D eigenvalue weighted by molar-refractivity contribution is 5.83. The van der Waals surface area contributed by atoms with E-state index < -0.39 is 101 Å². The fraction of sp³-hybridized carbons (Fsp3) is 0.0667. The molecule has 0 aromatic heterocycles. The summed E-state index contributed by atoms with van der Waals surface area (Å²) in [5.41, 5.74) is -14.6. The number of hydrogen-bond donors (Lipinski definition) is 0. The van der Waals surface area contributed by atoms with Gasteiger partial charge in [0, 0.05) is 0 Å². The first-order chi connectivity index (χ1) is 21.6. The van der Waals surface area contributed by atoms with Crippen LogP contribution < -0.4 is 10.4 Å². The van der Waals surface area contributed by atoms with E-state index in [2.05, 4.69) is 0 Å². The van der Waals surface area contributed by atoms with Crippen LogP contribution in [0.4, 0.5) is 35.1 Å². The lowest BCUT2D eigenvalue weighted by atomic mass is 9.89. The lowest BCUT2D eigenvalue weighted by Crippen LogP contribution is -2.31. The van der Waals surface area contributed by atoms with Gasteiger partial charge in [0.2, 0.25) is 0 Å². The second kappa shape index (κ2) is 12.2. The summed E-state index contributed by atoms with van der Waals surface area (Å²) < 4.78 is 114. The molecule has 0 saturated carbocycles. The Balaban J connectivity index is 2.74. The molecule has 0 heterocycles. The van der Waals surface area contributed by atoms with Gasteiger partial charge in [-0.1, -0.05) is 0 Å². The van der Waals surface area contributed by atoms with Crippen molar-refractivity contribution in [2.75, 3.05) is 0 Å². The maximum atomic E-state index is 15.8. The Morgan fingerprint density at radius 1 is 0.457 bits per heavy atom. The van der Waals surface area contributed by atoms with Crippen LogP contribution >= 0.6 is 0 Å². The fourth-order valence-electron chi connectivity index (χ4n) is 4.35. The number of alkyl halides is 6. The molecule has 0 saturated heterocycles. The van der Waals surface area contributed by atoms with Crippen molar-refractivity contribution in [1.82, 2.24) is 0 Å². The highest BCUT2D eigenvalue weighted by Gasteiger charge is 2.37. The summed E-state index contributed by atoms with van der Waals surface area (Å²) in [6.07, 6.45) is -10.6. The third-order valence-electron chi connectivity index (χ3n) is 6.26. The summed E-state index contributed by atoms with van der Waals surface area (Å²) in [5.74, 6) is -4.42. The van der Waals surface area contributed by atoms with Crippen LogP contribution in [0, 0.1) is 102 Å². The third kappa shape index (κ3) is 5.46. The zero-order valence-electron chi connectivity index (χ0n) is 21.9. The normalized spacial score (nSPS) is 12.0. The molecule has 3 aromatic rings. The Morgan fingerprint density at radius 3 is 0.978 bits per heavy atom. The molecule has 0 unspecified atom stereocenters. The summed E-state index contributed by atoms with van der Waals surface area (Å²) in [6.45, 7) is 0. The average Bonchev–Trinajstić information content (AvgIpc) is 3.02. The lowest BCUT2D eigenvalue weighted by molar-refractivity contribution is -0.138. The first kappa shape index (κ1) is 33.3. The smallest absolute Gasteiger partial charge is 0.203 e. The maximum absolute atomic E-state index is 15.8. The SMILES string of the molecule is N#C/C(c1cc(C#N)c(C#N)c(C(F)(F)F)c1)=c1\c(F)c(F)/c(=C(\C#N)c2cc(C#N)c(C#N)c(C(F)(F)F)c2)c(C#N)c1C#N. The van der Waals surface area contributed by atoms with Crippen LogP contribution in [-0.4, -0.2) is 0 Å². The van der Waals surface area contributed by atoms with E-state index in [0.29, 0.717) is 12.1 Å². The molecule has 3 aromatic carbocycles. The molecule has 46 heavy (non-hydrogen) atoms. The molecule has 0 bridgehead atoms. The van der Waals surface area contributed by atoms with E-state index in [-0.39, 0.29) is 12.1 Å². The summed E-state index contributed by atoms with van der Waals surface area (Å²) in [6, 6.07) is 11.4. The maximum Gasteiger partial charge on any atom is 0.417 e. The third-order valence-corrected chi connectivity index (χ3v) is 6.26. The second-order valence-electron chi connectivity index (χ2n) is 8.66. The molecule has 8 nitrogen and oxygen atoms in total. The molecule has 3 rings (SSSR count). The average molecular weight is 628 g/mol. The first-order valence-electron chi connectivity index (χ1n) is 11.6. The topological polar surface area (TPSA) is 190 Å². The Labute approximate surface area is 251 Å². The van der Waals surface area contributed by atoms with Crippen molar-refractivity contribution in [2.24, 2.45) is 0 Å². The van der Waals surface area contributed by atoms with Gasteiger partial charge in [0.25, 0.3) is 0 Å². The number of benzene rings is 3. The molecule has 0 aliphatic rings. The minimum absolute atomic E-state index is 0.141. The molecule has 0 amide bonds. The highest BCUT2D eigenvalue weighted by Crippen LogP contribution is 2.36.